The molecule has 0 atom stereocenters. The molecule has 1 aliphatic rings. The maximum atomic E-state index is 13.0. The number of hydrogen-bond donors (Lipinski definition) is 1. The first-order valence-corrected chi connectivity index (χ1v) is 11.7. The van der Waals surface area contributed by atoms with Crippen molar-refractivity contribution in [3.63, 3.8) is 0 Å². The molecule has 0 spiro atoms. The first-order valence-electron chi connectivity index (χ1n) is 10.3. The highest BCUT2D eigenvalue weighted by molar-refractivity contribution is 7.89. The van der Waals surface area contributed by atoms with E-state index in [2.05, 4.69) is 4.72 Å². The Morgan fingerprint density at radius 2 is 1.74 bits per heavy atom. The number of likely N-dealkylation sites (tertiary alicyclic amines) is 1. The number of rotatable bonds is 8. The molecule has 1 aliphatic heterocycles. The first kappa shape index (κ1) is 23.0. The topological polar surface area (TPSA) is 84.9 Å². The van der Waals surface area contributed by atoms with Crippen LogP contribution in [0.2, 0.25) is 0 Å². The van der Waals surface area contributed by atoms with Crippen LogP contribution in [0.15, 0.2) is 47.4 Å². The number of nitrogens with one attached hydrogen (secondary N) is 1. The number of ether oxygens (including phenoxy) is 2. The van der Waals surface area contributed by atoms with Crippen molar-refractivity contribution in [2.24, 2.45) is 0 Å². The van der Waals surface area contributed by atoms with Gasteiger partial charge in [0.05, 0.1) is 17.6 Å². The molecule has 0 aliphatic carbocycles. The number of halogens is 1. The van der Waals surface area contributed by atoms with Gasteiger partial charge in [0.25, 0.3) is 5.91 Å². The normalized spacial score (nSPS) is 14.7. The Bertz CT molecular complexity index is 987. The summed E-state index contributed by atoms with van der Waals surface area (Å²) in [4.78, 5) is 14.8. The van der Waals surface area contributed by atoms with E-state index in [0.717, 1.165) is 25.7 Å². The third-order valence-electron chi connectivity index (χ3n) is 5.08. The molecular formula is C22H27FN2O5S. The summed E-state index contributed by atoms with van der Waals surface area (Å²) in [5, 5.41) is 0. The van der Waals surface area contributed by atoms with E-state index in [4.69, 9.17) is 9.47 Å². The van der Waals surface area contributed by atoms with Crippen LogP contribution in [-0.4, -0.2) is 52.6 Å². The van der Waals surface area contributed by atoms with E-state index in [9.17, 15) is 17.6 Å². The zero-order valence-electron chi connectivity index (χ0n) is 17.5. The fourth-order valence-electron chi connectivity index (χ4n) is 3.42. The van der Waals surface area contributed by atoms with E-state index in [0.29, 0.717) is 24.6 Å². The Kier molecular flexibility index (Phi) is 7.86. The highest BCUT2D eigenvalue weighted by Gasteiger charge is 2.24. The highest BCUT2D eigenvalue weighted by Crippen LogP contribution is 2.25. The molecule has 3 rings (SSSR count). The van der Waals surface area contributed by atoms with Crippen molar-refractivity contribution in [3.05, 3.63) is 53.8 Å². The SMILES string of the molecule is COc1ccc(S(=O)(=O)NCCOc2ccc(F)cc2)cc1C(=O)N1CCCCCC1. The van der Waals surface area contributed by atoms with Crippen molar-refractivity contribution in [2.75, 3.05) is 33.4 Å². The number of carbonyl (C=O) groups excluding carboxylic acids is 1. The third kappa shape index (κ3) is 6.18. The lowest BCUT2D eigenvalue weighted by Gasteiger charge is -2.22. The summed E-state index contributed by atoms with van der Waals surface area (Å²) >= 11 is 0. The third-order valence-corrected chi connectivity index (χ3v) is 6.54. The Labute approximate surface area is 182 Å². The van der Waals surface area contributed by atoms with Crippen LogP contribution in [0, 0.1) is 5.82 Å². The number of amides is 1. The Morgan fingerprint density at radius 3 is 2.39 bits per heavy atom. The van der Waals surface area contributed by atoms with Gasteiger partial charge in [0, 0.05) is 19.6 Å². The van der Waals surface area contributed by atoms with Gasteiger partial charge in [-0.05, 0) is 55.3 Å². The molecule has 2 aromatic carbocycles. The van der Waals surface area contributed by atoms with E-state index >= 15 is 0 Å². The van der Waals surface area contributed by atoms with Gasteiger partial charge in [0.1, 0.15) is 23.9 Å². The standard InChI is InChI=1S/C22H27FN2O5S/c1-29-21-11-10-19(16-20(21)22(26)25-13-4-2-3-5-14-25)31(27,28)24-12-15-30-18-8-6-17(23)7-9-18/h6-11,16,24H,2-5,12-15H2,1H3. The van der Waals surface area contributed by atoms with Crippen molar-refractivity contribution in [1.29, 1.82) is 0 Å². The van der Waals surface area contributed by atoms with Crippen molar-refractivity contribution in [1.82, 2.24) is 9.62 Å². The van der Waals surface area contributed by atoms with E-state index < -0.39 is 10.0 Å². The molecule has 1 amide bonds. The van der Waals surface area contributed by atoms with Gasteiger partial charge in [-0.15, -0.1) is 0 Å². The number of carbonyl (C=O) groups is 1. The van der Waals surface area contributed by atoms with E-state index in [1.807, 2.05) is 0 Å². The van der Waals surface area contributed by atoms with Crippen LogP contribution in [0.5, 0.6) is 11.5 Å². The molecule has 1 N–H and O–H groups in total. The predicted molar refractivity (Wildman–Crippen MR) is 114 cm³/mol. The number of nitrogens with zero attached hydrogens (tertiary/aromatic N) is 1. The number of hydrogen-bond acceptors (Lipinski definition) is 5. The maximum Gasteiger partial charge on any atom is 0.257 e. The lowest BCUT2D eigenvalue weighted by atomic mass is 10.1. The van der Waals surface area contributed by atoms with Crippen LogP contribution in [0.4, 0.5) is 4.39 Å². The summed E-state index contributed by atoms with van der Waals surface area (Å²) in [7, 11) is -2.40. The summed E-state index contributed by atoms with van der Waals surface area (Å²) in [5.41, 5.74) is 0.231. The monoisotopic (exact) mass is 450 g/mol. The summed E-state index contributed by atoms with van der Waals surface area (Å²) in [6.07, 6.45) is 4.03. The minimum absolute atomic E-state index is 0.0150. The van der Waals surface area contributed by atoms with Crippen LogP contribution in [0.25, 0.3) is 0 Å². The number of methoxy groups -OCH3 is 1. The van der Waals surface area contributed by atoms with Gasteiger partial charge in [0.2, 0.25) is 10.0 Å². The largest absolute Gasteiger partial charge is 0.496 e. The minimum Gasteiger partial charge on any atom is -0.496 e. The van der Waals surface area contributed by atoms with Gasteiger partial charge in [-0.3, -0.25) is 4.79 Å². The minimum atomic E-state index is -3.86. The average Bonchev–Trinajstić information content (AvgIpc) is 3.06. The molecule has 0 saturated carbocycles. The van der Waals surface area contributed by atoms with E-state index in [1.54, 1.807) is 4.90 Å². The lowest BCUT2D eigenvalue weighted by molar-refractivity contribution is 0.0758. The molecule has 0 unspecified atom stereocenters. The van der Waals surface area contributed by atoms with Gasteiger partial charge in [0.15, 0.2) is 0 Å². The molecule has 0 bridgehead atoms. The van der Waals surface area contributed by atoms with E-state index in [-0.39, 0.29) is 35.3 Å². The first-order chi connectivity index (χ1) is 14.9. The maximum absolute atomic E-state index is 13.0. The van der Waals surface area contributed by atoms with Gasteiger partial charge >= 0.3 is 0 Å². The van der Waals surface area contributed by atoms with Crippen molar-refractivity contribution in [2.45, 2.75) is 30.6 Å². The Hall–Kier alpha value is -2.65. The fraction of sp³-hybridized carbons (Fsp3) is 0.409. The summed E-state index contributed by atoms with van der Waals surface area (Å²) < 4.78 is 51.5. The van der Waals surface area contributed by atoms with Gasteiger partial charge in [-0.1, -0.05) is 12.8 Å². The van der Waals surface area contributed by atoms with Crippen molar-refractivity contribution < 1.29 is 27.1 Å². The average molecular weight is 451 g/mol. The molecule has 7 nitrogen and oxygen atoms in total. The molecule has 0 radical (unpaired) electrons. The molecule has 0 aromatic heterocycles. The number of benzene rings is 2. The van der Waals surface area contributed by atoms with Gasteiger partial charge in [-0.2, -0.15) is 0 Å². The van der Waals surface area contributed by atoms with Gasteiger partial charge < -0.3 is 14.4 Å². The second kappa shape index (κ2) is 10.6. The molecule has 9 heteroatoms. The molecule has 31 heavy (non-hydrogen) atoms. The van der Waals surface area contributed by atoms with Crippen LogP contribution in [-0.2, 0) is 10.0 Å². The van der Waals surface area contributed by atoms with E-state index in [1.165, 1.54) is 49.6 Å². The number of sulfonamides is 1. The summed E-state index contributed by atoms with van der Waals surface area (Å²) in [6, 6.07) is 9.71. The Morgan fingerprint density at radius 1 is 1.06 bits per heavy atom. The summed E-state index contributed by atoms with van der Waals surface area (Å²) in [5.74, 6) is 0.178. The second-order valence-corrected chi connectivity index (χ2v) is 9.04. The Balaban J connectivity index is 1.68. The molecule has 1 heterocycles. The molecular weight excluding hydrogens is 423 g/mol. The van der Waals surface area contributed by atoms with Crippen LogP contribution < -0.4 is 14.2 Å². The smallest absolute Gasteiger partial charge is 0.257 e. The lowest BCUT2D eigenvalue weighted by Crippen LogP contribution is -2.32. The van der Waals surface area contributed by atoms with Gasteiger partial charge in [-0.25, -0.2) is 17.5 Å². The summed E-state index contributed by atoms with van der Waals surface area (Å²) in [6.45, 7) is 1.39. The fourth-order valence-corrected chi connectivity index (χ4v) is 4.46. The zero-order valence-corrected chi connectivity index (χ0v) is 18.3. The molecule has 2 aromatic rings. The second-order valence-electron chi connectivity index (χ2n) is 7.27. The highest BCUT2D eigenvalue weighted by atomic mass is 32.2. The van der Waals surface area contributed by atoms with Crippen LogP contribution in [0.3, 0.4) is 0 Å². The quantitative estimate of drug-likeness (QED) is 0.625. The van der Waals surface area contributed by atoms with Crippen LogP contribution >= 0.6 is 0 Å². The zero-order chi connectivity index (χ0) is 22.3. The molecule has 1 fully saturated rings. The van der Waals surface area contributed by atoms with Crippen LogP contribution in [0.1, 0.15) is 36.0 Å². The predicted octanol–water partition coefficient (Wildman–Crippen LogP) is 3.21. The van der Waals surface area contributed by atoms with Crippen molar-refractivity contribution in [3.8, 4) is 11.5 Å². The molecule has 168 valence electrons. The van der Waals surface area contributed by atoms with Crippen molar-refractivity contribution >= 4 is 15.9 Å². The molecule has 1 saturated heterocycles.